The first-order chi connectivity index (χ1) is 15.2. The fraction of sp³-hybridized carbons (Fsp3) is 0.280. The molecule has 2 unspecified atom stereocenters. The van der Waals surface area contributed by atoms with E-state index in [1.54, 1.807) is 17.0 Å². The van der Waals surface area contributed by atoms with E-state index >= 15 is 0 Å². The average molecular weight is 449 g/mol. The minimum absolute atomic E-state index is 0. The Hall–Kier alpha value is -3.09. The molecule has 0 amide bonds. The molecule has 1 aromatic carbocycles. The Labute approximate surface area is 192 Å². The number of nitrogens with zero attached hydrogens (tertiary/aromatic N) is 3. The van der Waals surface area contributed by atoms with Crippen molar-refractivity contribution in [2.24, 2.45) is 7.05 Å². The molecule has 2 aliphatic rings. The highest BCUT2D eigenvalue weighted by Crippen LogP contribution is 2.41. The molecule has 6 nitrogen and oxygen atoms in total. The molecular weight excluding hydrogens is 424 g/mol. The number of halogens is 1. The maximum Gasteiger partial charge on any atom is 0.258 e. The zero-order valence-electron chi connectivity index (χ0n) is 17.8. The Morgan fingerprint density at radius 3 is 2.88 bits per heavy atom. The van der Waals surface area contributed by atoms with Crippen LogP contribution in [0.1, 0.15) is 35.8 Å². The van der Waals surface area contributed by atoms with Gasteiger partial charge in [0, 0.05) is 55.1 Å². The molecule has 0 spiro atoms. The van der Waals surface area contributed by atoms with Crippen molar-refractivity contribution < 1.29 is 4.74 Å². The van der Waals surface area contributed by atoms with E-state index in [2.05, 4.69) is 34.0 Å². The van der Waals surface area contributed by atoms with Crippen LogP contribution in [0.4, 0.5) is 0 Å². The topological polar surface area (TPSA) is 61.1 Å². The fourth-order valence-electron chi connectivity index (χ4n) is 5.14. The third-order valence-corrected chi connectivity index (χ3v) is 6.66. The van der Waals surface area contributed by atoms with Gasteiger partial charge >= 0.3 is 0 Å². The summed E-state index contributed by atoms with van der Waals surface area (Å²) < 4.78 is 9.73. The largest absolute Gasteiger partial charge is 0.487 e. The van der Waals surface area contributed by atoms with E-state index in [0.29, 0.717) is 24.4 Å². The summed E-state index contributed by atoms with van der Waals surface area (Å²) in [5.74, 6) is 0.546. The quantitative estimate of drug-likeness (QED) is 0.511. The first-order valence-corrected chi connectivity index (χ1v) is 10.8. The van der Waals surface area contributed by atoms with Gasteiger partial charge in [-0.25, -0.2) is 0 Å². The molecule has 0 radical (unpaired) electrons. The molecular formula is C25H25ClN4O2. The summed E-state index contributed by atoms with van der Waals surface area (Å²) in [5, 5.41) is 5.04. The van der Waals surface area contributed by atoms with Crippen molar-refractivity contribution in [2.75, 3.05) is 0 Å². The fourth-order valence-corrected chi connectivity index (χ4v) is 5.14. The Bertz CT molecular complexity index is 1350. The van der Waals surface area contributed by atoms with Gasteiger partial charge in [-0.05, 0) is 48.7 Å². The molecule has 2 bridgehead atoms. The molecule has 5 heterocycles. The van der Waals surface area contributed by atoms with Crippen LogP contribution in [0.3, 0.4) is 0 Å². The number of nitrogens with one attached hydrogen (secondary N) is 1. The Balaban J connectivity index is 0.00000216. The molecule has 2 atom stereocenters. The third-order valence-electron chi connectivity index (χ3n) is 6.66. The summed E-state index contributed by atoms with van der Waals surface area (Å²) in [4.78, 5) is 17.1. The number of ether oxygens (including phenoxy) is 1. The summed E-state index contributed by atoms with van der Waals surface area (Å²) >= 11 is 0. The van der Waals surface area contributed by atoms with Crippen LogP contribution in [0.2, 0.25) is 0 Å². The van der Waals surface area contributed by atoms with Gasteiger partial charge in [0.2, 0.25) is 0 Å². The van der Waals surface area contributed by atoms with Crippen molar-refractivity contribution in [2.45, 2.75) is 38.0 Å². The average Bonchev–Trinajstić information content (AvgIpc) is 3.31. The minimum Gasteiger partial charge on any atom is -0.487 e. The van der Waals surface area contributed by atoms with Crippen LogP contribution in [0.5, 0.6) is 5.75 Å². The summed E-state index contributed by atoms with van der Waals surface area (Å²) in [7, 11) is 2.15. The van der Waals surface area contributed by atoms with Gasteiger partial charge in [0.15, 0.2) is 0 Å². The monoisotopic (exact) mass is 448 g/mol. The second-order valence-electron chi connectivity index (χ2n) is 8.50. The normalized spacial score (nSPS) is 18.9. The van der Waals surface area contributed by atoms with Crippen LogP contribution in [0.15, 0.2) is 65.7 Å². The van der Waals surface area contributed by atoms with E-state index in [0.717, 1.165) is 17.8 Å². The van der Waals surface area contributed by atoms with Gasteiger partial charge < -0.3 is 14.6 Å². The number of hydrogen-bond acceptors (Lipinski definition) is 4. The molecule has 32 heavy (non-hydrogen) atoms. The van der Waals surface area contributed by atoms with Gasteiger partial charge in [-0.2, -0.15) is 0 Å². The zero-order valence-corrected chi connectivity index (χ0v) is 18.6. The van der Waals surface area contributed by atoms with Crippen LogP contribution in [0.25, 0.3) is 16.6 Å². The van der Waals surface area contributed by atoms with E-state index in [-0.39, 0.29) is 18.0 Å². The van der Waals surface area contributed by atoms with E-state index in [4.69, 9.17) is 4.74 Å². The molecule has 1 N–H and O–H groups in total. The van der Waals surface area contributed by atoms with E-state index in [1.165, 1.54) is 41.1 Å². The predicted octanol–water partition coefficient (Wildman–Crippen LogP) is 4.07. The SMILES string of the molecule is Cl.Cn1c2c(c3ccc(-n4ccc(OCc5ccccn5)cc4=O)cc31)C1CCC(C2)N1. The summed E-state index contributed by atoms with van der Waals surface area (Å²) in [6.45, 7) is 0.335. The van der Waals surface area contributed by atoms with Crippen LogP contribution < -0.4 is 15.6 Å². The van der Waals surface area contributed by atoms with E-state index in [9.17, 15) is 4.79 Å². The van der Waals surface area contributed by atoms with Crippen molar-refractivity contribution in [3.63, 3.8) is 0 Å². The van der Waals surface area contributed by atoms with Crippen LogP contribution >= 0.6 is 12.4 Å². The van der Waals surface area contributed by atoms with Crippen molar-refractivity contribution in [1.29, 1.82) is 0 Å². The lowest BCUT2D eigenvalue weighted by Gasteiger charge is -2.23. The van der Waals surface area contributed by atoms with Gasteiger partial charge in [0.05, 0.1) is 16.9 Å². The second kappa shape index (κ2) is 8.11. The number of fused-ring (bicyclic) bond motifs is 6. The first kappa shape index (κ1) is 20.8. The molecule has 3 aromatic heterocycles. The molecule has 2 aliphatic heterocycles. The molecule has 0 saturated carbocycles. The molecule has 1 fully saturated rings. The Morgan fingerprint density at radius 1 is 1.16 bits per heavy atom. The summed E-state index contributed by atoms with van der Waals surface area (Å²) in [6.07, 6.45) is 7.05. The molecule has 164 valence electrons. The number of aromatic nitrogens is 3. The molecule has 4 aromatic rings. The van der Waals surface area contributed by atoms with Crippen molar-refractivity contribution in [3.8, 4) is 11.4 Å². The maximum atomic E-state index is 12.8. The molecule has 6 rings (SSSR count). The Morgan fingerprint density at radius 2 is 2.06 bits per heavy atom. The second-order valence-corrected chi connectivity index (χ2v) is 8.50. The number of rotatable bonds is 4. The first-order valence-electron chi connectivity index (χ1n) is 10.8. The van der Waals surface area contributed by atoms with Crippen molar-refractivity contribution in [3.05, 3.63) is 88.2 Å². The number of hydrogen-bond donors (Lipinski definition) is 1. The highest BCUT2D eigenvalue weighted by molar-refractivity contribution is 5.88. The smallest absolute Gasteiger partial charge is 0.258 e. The molecule has 0 aliphatic carbocycles. The zero-order chi connectivity index (χ0) is 20.9. The highest BCUT2D eigenvalue weighted by atomic mass is 35.5. The lowest BCUT2D eigenvalue weighted by Crippen LogP contribution is -2.32. The van der Waals surface area contributed by atoms with Crippen LogP contribution in [-0.2, 0) is 20.1 Å². The van der Waals surface area contributed by atoms with Gasteiger partial charge in [-0.3, -0.25) is 14.3 Å². The van der Waals surface area contributed by atoms with Crippen LogP contribution in [-0.4, -0.2) is 20.2 Å². The summed E-state index contributed by atoms with van der Waals surface area (Å²) in [6, 6.07) is 16.4. The van der Waals surface area contributed by atoms with Crippen molar-refractivity contribution >= 4 is 23.3 Å². The predicted molar refractivity (Wildman–Crippen MR) is 127 cm³/mol. The van der Waals surface area contributed by atoms with E-state index in [1.807, 2.05) is 30.3 Å². The van der Waals surface area contributed by atoms with Gasteiger partial charge in [0.1, 0.15) is 12.4 Å². The molecule has 1 saturated heterocycles. The van der Waals surface area contributed by atoms with Gasteiger partial charge in [-0.1, -0.05) is 12.1 Å². The highest BCUT2D eigenvalue weighted by Gasteiger charge is 2.35. The third kappa shape index (κ3) is 3.40. The van der Waals surface area contributed by atoms with Gasteiger partial charge in [0.25, 0.3) is 5.56 Å². The van der Waals surface area contributed by atoms with Gasteiger partial charge in [-0.15, -0.1) is 12.4 Å². The Kier molecular flexibility index (Phi) is 5.27. The summed E-state index contributed by atoms with van der Waals surface area (Å²) in [5.41, 5.74) is 5.64. The number of benzene rings is 1. The van der Waals surface area contributed by atoms with Crippen LogP contribution in [0, 0.1) is 0 Å². The number of pyridine rings is 2. The lowest BCUT2D eigenvalue weighted by molar-refractivity contribution is 0.300. The standard InChI is InChI=1S/C25H24N4O2.ClH/c1-28-22-13-18(6-7-20(22)25-21-8-5-16(27-21)12-23(25)28)29-11-9-19(14-24(29)30)31-15-17-4-2-3-10-26-17;/h2-4,6-7,9-11,13-14,16,21,27H,5,8,12,15H2,1H3;1H. The lowest BCUT2D eigenvalue weighted by atomic mass is 9.99. The maximum absolute atomic E-state index is 12.8. The van der Waals surface area contributed by atoms with E-state index < -0.39 is 0 Å². The van der Waals surface area contributed by atoms with Crippen molar-refractivity contribution in [1.82, 2.24) is 19.4 Å². The minimum atomic E-state index is -0.113. The molecule has 7 heteroatoms. The number of aryl methyl sites for hydroxylation is 1.